The average molecular weight is 596 g/mol. The zero-order chi connectivity index (χ0) is 27.6. The van der Waals surface area contributed by atoms with E-state index >= 15 is 0 Å². The zero-order valence-electron chi connectivity index (χ0n) is 22.7. The molecule has 194 valence electrons. The van der Waals surface area contributed by atoms with Crippen molar-refractivity contribution >= 4 is 48.2 Å². The van der Waals surface area contributed by atoms with Gasteiger partial charge in [0.1, 0.15) is 0 Å². The van der Waals surface area contributed by atoms with Gasteiger partial charge >= 0.3 is 0 Å². The van der Waals surface area contributed by atoms with Crippen LogP contribution in [-0.2, 0) is 5.41 Å². The lowest BCUT2D eigenvalue weighted by molar-refractivity contribution is 0.776. The second-order valence-corrected chi connectivity index (χ2v) is 12.6. The van der Waals surface area contributed by atoms with E-state index in [0.717, 1.165) is 4.47 Å². The Bertz CT molecular complexity index is 2410. The van der Waals surface area contributed by atoms with E-state index in [9.17, 15) is 0 Å². The largest absolute Gasteiger partial charge is 0.0725 e. The van der Waals surface area contributed by atoms with Crippen molar-refractivity contribution in [3.05, 3.63) is 166 Å². The number of rotatable bonds is 0. The number of hydrogen-bond acceptors (Lipinski definition) is 0. The molecule has 0 amide bonds. The Hall–Kier alpha value is -4.72. The summed E-state index contributed by atoms with van der Waals surface area (Å²) in [6.07, 6.45) is 0. The number of halogens is 1. The Morgan fingerprint density at radius 3 is 1.76 bits per heavy atom. The van der Waals surface area contributed by atoms with Crippen LogP contribution in [0.3, 0.4) is 0 Å². The molecule has 0 heterocycles. The van der Waals surface area contributed by atoms with Crippen molar-refractivity contribution in [2.45, 2.75) is 5.41 Å². The van der Waals surface area contributed by atoms with Crippen molar-refractivity contribution < 1.29 is 0 Å². The van der Waals surface area contributed by atoms with Gasteiger partial charge in [0.05, 0.1) is 5.41 Å². The van der Waals surface area contributed by atoms with Gasteiger partial charge in [-0.2, -0.15) is 0 Å². The predicted molar refractivity (Wildman–Crippen MR) is 180 cm³/mol. The molecular weight excluding hydrogens is 572 g/mol. The Morgan fingerprint density at radius 2 is 0.976 bits per heavy atom. The first-order valence-electron chi connectivity index (χ1n) is 14.6. The van der Waals surface area contributed by atoms with E-state index < -0.39 is 5.41 Å². The quantitative estimate of drug-likeness (QED) is 0.153. The summed E-state index contributed by atoms with van der Waals surface area (Å²) < 4.78 is 1.10. The van der Waals surface area contributed by atoms with Crippen molar-refractivity contribution in [1.29, 1.82) is 0 Å². The lowest BCUT2D eigenvalue weighted by Crippen LogP contribution is -2.29. The third kappa shape index (κ3) is 2.64. The molecule has 0 nitrogen and oxygen atoms in total. The van der Waals surface area contributed by atoms with Gasteiger partial charge in [0, 0.05) is 4.47 Å². The molecule has 0 aliphatic heterocycles. The summed E-state index contributed by atoms with van der Waals surface area (Å²) in [7, 11) is 0. The summed E-state index contributed by atoms with van der Waals surface area (Å²) in [6, 6.07) is 52.6. The summed E-state index contributed by atoms with van der Waals surface area (Å²) in [6.45, 7) is 0. The van der Waals surface area contributed by atoms with Gasteiger partial charge in [-0.1, -0.05) is 137 Å². The Balaban J connectivity index is 1.49. The molecular formula is C41H23Br. The highest BCUT2D eigenvalue weighted by atomic mass is 79.9. The maximum Gasteiger partial charge on any atom is 0.0725 e. The normalized spacial score (nSPS) is 16.3. The van der Waals surface area contributed by atoms with Crippen molar-refractivity contribution in [3.8, 4) is 33.4 Å². The highest BCUT2D eigenvalue weighted by Gasteiger charge is 2.50. The Labute approximate surface area is 252 Å². The SMILES string of the molecule is Brc1ccc2c(c1)-c1ccccc1-c1ccccc1C21c2ccccc2-c2c1cc1ccc3cccc4ccc2c1c34. The van der Waals surface area contributed by atoms with Gasteiger partial charge in [-0.25, -0.2) is 0 Å². The molecule has 8 aromatic carbocycles. The van der Waals surface area contributed by atoms with E-state index in [-0.39, 0.29) is 0 Å². The molecule has 0 saturated carbocycles. The smallest absolute Gasteiger partial charge is 0.0619 e. The molecule has 0 N–H and O–H groups in total. The van der Waals surface area contributed by atoms with Crippen LogP contribution in [0.4, 0.5) is 0 Å². The summed E-state index contributed by atoms with van der Waals surface area (Å²) in [5.74, 6) is 0. The molecule has 10 rings (SSSR count). The number of benzene rings is 8. The molecule has 0 aromatic heterocycles. The minimum absolute atomic E-state index is 0.470. The second-order valence-electron chi connectivity index (χ2n) is 11.7. The minimum Gasteiger partial charge on any atom is -0.0619 e. The van der Waals surface area contributed by atoms with E-state index in [1.165, 1.54) is 88.0 Å². The molecule has 2 aliphatic carbocycles. The van der Waals surface area contributed by atoms with Crippen molar-refractivity contribution in [2.24, 2.45) is 0 Å². The van der Waals surface area contributed by atoms with Crippen LogP contribution in [0.25, 0.3) is 65.7 Å². The third-order valence-electron chi connectivity index (χ3n) is 9.88. The van der Waals surface area contributed by atoms with Crippen LogP contribution in [0, 0.1) is 0 Å². The maximum atomic E-state index is 3.84. The monoisotopic (exact) mass is 594 g/mol. The Kier molecular flexibility index (Phi) is 4.35. The van der Waals surface area contributed by atoms with Gasteiger partial charge in [0.25, 0.3) is 0 Å². The van der Waals surface area contributed by atoms with Crippen LogP contribution in [0.2, 0.25) is 0 Å². The van der Waals surface area contributed by atoms with Gasteiger partial charge in [-0.15, -0.1) is 0 Å². The first kappa shape index (κ1) is 22.9. The fraction of sp³-hybridized carbons (Fsp3) is 0.0244. The Morgan fingerprint density at radius 1 is 0.381 bits per heavy atom. The zero-order valence-corrected chi connectivity index (χ0v) is 24.2. The van der Waals surface area contributed by atoms with Gasteiger partial charge in [0.2, 0.25) is 0 Å². The molecule has 0 fully saturated rings. The van der Waals surface area contributed by atoms with Crippen LogP contribution < -0.4 is 0 Å². The highest BCUT2D eigenvalue weighted by Crippen LogP contribution is 2.63. The number of fused-ring (bicyclic) bond motifs is 13. The fourth-order valence-electron chi connectivity index (χ4n) is 8.36. The van der Waals surface area contributed by atoms with Crippen LogP contribution in [0.15, 0.2) is 144 Å². The van der Waals surface area contributed by atoms with Gasteiger partial charge in [-0.05, 0) is 106 Å². The topological polar surface area (TPSA) is 0 Å². The van der Waals surface area contributed by atoms with E-state index in [1.54, 1.807) is 0 Å². The maximum absolute atomic E-state index is 3.84. The molecule has 0 bridgehead atoms. The first-order valence-corrected chi connectivity index (χ1v) is 15.3. The fourth-order valence-corrected chi connectivity index (χ4v) is 8.72. The molecule has 0 saturated heterocycles. The van der Waals surface area contributed by atoms with Crippen LogP contribution in [0.5, 0.6) is 0 Å². The van der Waals surface area contributed by atoms with Crippen LogP contribution >= 0.6 is 15.9 Å². The van der Waals surface area contributed by atoms with E-state index in [0.29, 0.717) is 0 Å². The summed E-state index contributed by atoms with van der Waals surface area (Å²) in [5.41, 5.74) is 12.8. The molecule has 1 atom stereocenters. The lowest BCUT2D eigenvalue weighted by Gasteiger charge is -2.35. The van der Waals surface area contributed by atoms with Gasteiger partial charge in [0.15, 0.2) is 0 Å². The highest BCUT2D eigenvalue weighted by molar-refractivity contribution is 9.10. The van der Waals surface area contributed by atoms with Gasteiger partial charge in [-0.3, -0.25) is 0 Å². The summed E-state index contributed by atoms with van der Waals surface area (Å²) in [4.78, 5) is 0. The van der Waals surface area contributed by atoms with Crippen molar-refractivity contribution in [3.63, 3.8) is 0 Å². The molecule has 1 spiro atoms. The van der Waals surface area contributed by atoms with Crippen LogP contribution in [0.1, 0.15) is 22.3 Å². The first-order chi connectivity index (χ1) is 20.7. The van der Waals surface area contributed by atoms with Gasteiger partial charge < -0.3 is 0 Å². The standard InChI is InChI=1S/C41H23Br/c42-27-19-21-36-33(23-27)29-11-2-1-10-28(29)30-12-3-5-14-34(30)41(36)35-15-6-4-13-31(35)40-32-20-18-25-9-7-8-24-16-17-26(22-37(40)41)39(32)38(24)25/h1-23H. The van der Waals surface area contributed by atoms with Crippen molar-refractivity contribution in [2.75, 3.05) is 0 Å². The third-order valence-corrected chi connectivity index (χ3v) is 10.4. The van der Waals surface area contributed by atoms with E-state index in [2.05, 4.69) is 155 Å². The van der Waals surface area contributed by atoms with E-state index in [1.807, 2.05) is 0 Å². The molecule has 42 heavy (non-hydrogen) atoms. The molecule has 2 aliphatic rings. The predicted octanol–water partition coefficient (Wildman–Crippen LogP) is 11.4. The van der Waals surface area contributed by atoms with E-state index in [4.69, 9.17) is 0 Å². The minimum atomic E-state index is -0.470. The molecule has 1 unspecified atom stereocenters. The molecule has 0 radical (unpaired) electrons. The number of hydrogen-bond donors (Lipinski definition) is 0. The molecule has 1 heteroatoms. The second kappa shape index (κ2) is 7.97. The van der Waals surface area contributed by atoms with Crippen LogP contribution in [-0.4, -0.2) is 0 Å². The average Bonchev–Trinajstić information content (AvgIpc) is 3.28. The van der Waals surface area contributed by atoms with Crippen molar-refractivity contribution in [1.82, 2.24) is 0 Å². The lowest BCUT2D eigenvalue weighted by atomic mass is 9.65. The summed E-state index contributed by atoms with van der Waals surface area (Å²) >= 11 is 3.84. The molecule has 8 aromatic rings. The summed E-state index contributed by atoms with van der Waals surface area (Å²) in [5, 5.41) is 7.99.